The van der Waals surface area contributed by atoms with Crippen molar-refractivity contribution in [1.82, 2.24) is 4.90 Å². The highest BCUT2D eigenvalue weighted by atomic mass is 16.5. The van der Waals surface area contributed by atoms with Gasteiger partial charge in [0.2, 0.25) is 7.85 Å². The fraction of sp³-hybridized carbons (Fsp3) is 0.636. The molecule has 0 saturated carbocycles. The van der Waals surface area contributed by atoms with Gasteiger partial charge in [0.1, 0.15) is 6.73 Å². The average molecular weight is 221 g/mol. The standard InChI is InChI=1S/C11H16BNO3/c1-3-9-10(6-4-5-8(2)14)16-7-13(9)11(12)15/h4-5,9-10H,3,6-7H2,1-2H3/b5-4+/t9-,10+/m0/s1. The smallest absolute Gasteiger partial charge is 0.200 e. The van der Waals surface area contributed by atoms with Gasteiger partial charge in [-0.3, -0.25) is 9.59 Å². The number of carbonyl (C=O) groups excluding carboxylic acids is 2. The van der Waals surface area contributed by atoms with Crippen molar-refractivity contribution >= 4 is 19.4 Å². The number of rotatable bonds is 4. The Morgan fingerprint density at radius 2 is 2.25 bits per heavy atom. The van der Waals surface area contributed by atoms with Crippen molar-refractivity contribution < 1.29 is 14.3 Å². The van der Waals surface area contributed by atoms with Crippen molar-refractivity contribution in [3.63, 3.8) is 0 Å². The number of hydrogen-bond donors (Lipinski definition) is 0. The Hall–Kier alpha value is -1.10. The fourth-order valence-corrected chi connectivity index (χ4v) is 1.89. The van der Waals surface area contributed by atoms with Gasteiger partial charge in [0.15, 0.2) is 11.6 Å². The van der Waals surface area contributed by atoms with E-state index in [9.17, 15) is 9.59 Å². The van der Waals surface area contributed by atoms with E-state index in [2.05, 4.69) is 0 Å². The first-order valence-electron chi connectivity index (χ1n) is 5.41. The zero-order valence-corrected chi connectivity index (χ0v) is 9.68. The minimum atomic E-state index is -0.454. The van der Waals surface area contributed by atoms with Crippen LogP contribution in [0.5, 0.6) is 0 Å². The lowest BCUT2D eigenvalue weighted by atomic mass is 10.0. The normalized spacial score (nSPS) is 25.2. The molecule has 1 heterocycles. The van der Waals surface area contributed by atoms with Gasteiger partial charge in [0, 0.05) is 0 Å². The summed E-state index contributed by atoms with van der Waals surface area (Å²) in [6.45, 7) is 3.72. The first kappa shape index (κ1) is 13.0. The van der Waals surface area contributed by atoms with Gasteiger partial charge in [-0.15, -0.1) is 0 Å². The lowest BCUT2D eigenvalue weighted by Crippen LogP contribution is -2.38. The lowest BCUT2D eigenvalue weighted by molar-refractivity contribution is -0.112. The molecule has 0 aliphatic carbocycles. The molecular weight excluding hydrogens is 205 g/mol. The molecule has 5 heteroatoms. The molecule has 0 unspecified atom stereocenters. The Balaban J connectivity index is 2.55. The maximum absolute atomic E-state index is 11.1. The highest BCUT2D eigenvalue weighted by Crippen LogP contribution is 2.22. The second-order valence-corrected chi connectivity index (χ2v) is 3.87. The lowest BCUT2D eigenvalue weighted by Gasteiger charge is -2.23. The molecule has 0 bridgehead atoms. The van der Waals surface area contributed by atoms with Crippen LogP contribution in [0, 0.1) is 0 Å². The van der Waals surface area contributed by atoms with E-state index in [0.29, 0.717) is 6.42 Å². The van der Waals surface area contributed by atoms with Gasteiger partial charge in [0.05, 0.1) is 12.1 Å². The SMILES string of the molecule is [B]C(=O)N1CO[C@H](C/C=C/C(C)=O)[C@@H]1CC. The number of ether oxygens (including phenoxy) is 1. The molecule has 0 aromatic rings. The Labute approximate surface area is 97.0 Å². The molecular formula is C11H16BNO3. The first-order valence-corrected chi connectivity index (χ1v) is 5.41. The van der Waals surface area contributed by atoms with Crippen LogP contribution in [0.1, 0.15) is 26.7 Å². The summed E-state index contributed by atoms with van der Waals surface area (Å²) in [5, 5.41) is 0. The molecule has 1 aliphatic rings. The number of hydrogen-bond acceptors (Lipinski definition) is 3. The van der Waals surface area contributed by atoms with Crippen LogP contribution in [0.3, 0.4) is 0 Å². The van der Waals surface area contributed by atoms with Crippen molar-refractivity contribution in [3.05, 3.63) is 12.2 Å². The van der Waals surface area contributed by atoms with Gasteiger partial charge in [0.25, 0.3) is 0 Å². The molecule has 0 spiro atoms. The predicted molar refractivity (Wildman–Crippen MR) is 61.2 cm³/mol. The topological polar surface area (TPSA) is 46.6 Å². The van der Waals surface area contributed by atoms with Gasteiger partial charge >= 0.3 is 0 Å². The van der Waals surface area contributed by atoms with Crippen LogP contribution in [0.4, 0.5) is 4.79 Å². The zero-order valence-electron chi connectivity index (χ0n) is 9.68. The quantitative estimate of drug-likeness (QED) is 0.530. The average Bonchev–Trinajstić information content (AvgIpc) is 2.60. The molecule has 86 valence electrons. The van der Waals surface area contributed by atoms with Crippen LogP contribution < -0.4 is 0 Å². The van der Waals surface area contributed by atoms with E-state index in [-0.39, 0.29) is 24.7 Å². The van der Waals surface area contributed by atoms with Crippen molar-refractivity contribution in [1.29, 1.82) is 0 Å². The van der Waals surface area contributed by atoms with E-state index >= 15 is 0 Å². The molecule has 1 fully saturated rings. The van der Waals surface area contributed by atoms with Crippen LogP contribution in [0.2, 0.25) is 0 Å². The van der Waals surface area contributed by atoms with Crippen molar-refractivity contribution in [2.45, 2.75) is 38.8 Å². The summed E-state index contributed by atoms with van der Waals surface area (Å²) in [6.07, 6.45) is 4.65. The van der Waals surface area contributed by atoms with Gasteiger partial charge in [-0.25, -0.2) is 0 Å². The molecule has 2 atom stereocenters. The van der Waals surface area contributed by atoms with E-state index in [0.717, 1.165) is 6.42 Å². The van der Waals surface area contributed by atoms with Crippen molar-refractivity contribution in [3.8, 4) is 0 Å². The summed E-state index contributed by atoms with van der Waals surface area (Å²) in [5.41, 5.74) is 0. The predicted octanol–water partition coefficient (Wildman–Crippen LogP) is 1.25. The monoisotopic (exact) mass is 221 g/mol. The van der Waals surface area contributed by atoms with Crippen molar-refractivity contribution in [2.24, 2.45) is 0 Å². The zero-order chi connectivity index (χ0) is 12.1. The third kappa shape index (κ3) is 3.20. The van der Waals surface area contributed by atoms with Gasteiger partial charge in [-0.05, 0) is 25.8 Å². The Morgan fingerprint density at radius 3 is 2.75 bits per heavy atom. The number of nitrogens with zero attached hydrogens (tertiary/aromatic N) is 1. The second-order valence-electron chi connectivity index (χ2n) is 3.87. The Morgan fingerprint density at radius 1 is 1.56 bits per heavy atom. The third-order valence-corrected chi connectivity index (χ3v) is 2.68. The molecule has 0 N–H and O–H groups in total. The van der Waals surface area contributed by atoms with Gasteiger partial charge in [-0.2, -0.15) is 0 Å². The van der Waals surface area contributed by atoms with Crippen LogP contribution in [-0.2, 0) is 9.53 Å². The first-order chi connectivity index (χ1) is 7.56. The molecule has 1 amide bonds. The molecule has 1 saturated heterocycles. The Kier molecular flexibility index (Phi) is 4.74. The fourth-order valence-electron chi connectivity index (χ4n) is 1.89. The molecule has 0 aromatic carbocycles. The van der Waals surface area contributed by atoms with Crippen LogP contribution in [0.25, 0.3) is 0 Å². The number of carbonyl (C=O) groups is 2. The highest BCUT2D eigenvalue weighted by molar-refractivity contribution is 6.56. The summed E-state index contributed by atoms with van der Waals surface area (Å²) in [4.78, 5) is 23.3. The summed E-state index contributed by atoms with van der Waals surface area (Å²) in [6, 6.07) is 0.00843. The van der Waals surface area contributed by atoms with E-state index < -0.39 is 5.81 Å². The summed E-state index contributed by atoms with van der Waals surface area (Å²) in [5.74, 6) is -0.442. The van der Waals surface area contributed by atoms with E-state index in [1.165, 1.54) is 17.9 Å². The van der Waals surface area contributed by atoms with Crippen molar-refractivity contribution in [2.75, 3.05) is 6.73 Å². The van der Waals surface area contributed by atoms with E-state index in [4.69, 9.17) is 12.6 Å². The number of ketones is 1. The molecule has 2 radical (unpaired) electrons. The molecule has 4 nitrogen and oxygen atoms in total. The van der Waals surface area contributed by atoms with Crippen LogP contribution >= 0.6 is 0 Å². The number of amides is 1. The van der Waals surface area contributed by atoms with Crippen LogP contribution in [0.15, 0.2) is 12.2 Å². The second kappa shape index (κ2) is 5.84. The third-order valence-electron chi connectivity index (χ3n) is 2.68. The minimum absolute atomic E-state index is 0.00843. The molecule has 16 heavy (non-hydrogen) atoms. The van der Waals surface area contributed by atoms with Crippen LogP contribution in [-0.4, -0.2) is 43.2 Å². The maximum atomic E-state index is 11.1. The Bertz CT molecular complexity index is 304. The summed E-state index contributed by atoms with van der Waals surface area (Å²) in [7, 11) is 5.24. The van der Waals surface area contributed by atoms with Gasteiger partial charge < -0.3 is 9.64 Å². The largest absolute Gasteiger partial charge is 0.355 e. The summed E-state index contributed by atoms with van der Waals surface area (Å²) < 4.78 is 5.47. The number of allylic oxidation sites excluding steroid dienone is 1. The van der Waals surface area contributed by atoms with Gasteiger partial charge in [-0.1, -0.05) is 13.0 Å². The maximum Gasteiger partial charge on any atom is 0.200 e. The molecule has 0 aromatic heterocycles. The highest BCUT2D eigenvalue weighted by Gasteiger charge is 2.33. The summed E-state index contributed by atoms with van der Waals surface area (Å²) >= 11 is 0. The molecule has 1 aliphatic heterocycles. The minimum Gasteiger partial charge on any atom is -0.355 e. The molecule has 1 rings (SSSR count). The van der Waals surface area contributed by atoms with E-state index in [1.54, 1.807) is 6.08 Å². The van der Waals surface area contributed by atoms with E-state index in [1.807, 2.05) is 6.92 Å².